The lowest BCUT2D eigenvalue weighted by atomic mass is 10.2. The molecule has 1 aromatic carbocycles. The van der Waals surface area contributed by atoms with Crippen LogP contribution in [0.2, 0.25) is 0 Å². The number of hydrogen-bond acceptors (Lipinski definition) is 4. The van der Waals surface area contributed by atoms with E-state index < -0.39 is 0 Å². The summed E-state index contributed by atoms with van der Waals surface area (Å²) in [6.07, 6.45) is 0.417. The molecule has 1 amide bonds. The highest BCUT2D eigenvalue weighted by atomic mass is 16.5. The van der Waals surface area contributed by atoms with Gasteiger partial charge in [-0.15, -0.1) is 0 Å². The molecule has 21 heavy (non-hydrogen) atoms. The van der Waals surface area contributed by atoms with E-state index in [1.807, 2.05) is 31.2 Å². The summed E-state index contributed by atoms with van der Waals surface area (Å²) in [5.74, 6) is 0.937. The summed E-state index contributed by atoms with van der Waals surface area (Å²) in [5.41, 5.74) is 1.17. The van der Waals surface area contributed by atoms with E-state index in [0.717, 1.165) is 18.8 Å². The van der Waals surface area contributed by atoms with E-state index in [9.17, 15) is 4.79 Å². The lowest BCUT2D eigenvalue weighted by Gasteiger charge is -2.25. The second kappa shape index (κ2) is 8.00. The molecule has 116 valence electrons. The van der Waals surface area contributed by atoms with Gasteiger partial charge < -0.3 is 19.7 Å². The molecule has 5 nitrogen and oxygen atoms in total. The highest BCUT2D eigenvalue weighted by Gasteiger charge is 2.19. The summed E-state index contributed by atoms with van der Waals surface area (Å²) >= 11 is 0. The first-order valence-corrected chi connectivity index (χ1v) is 7.41. The van der Waals surface area contributed by atoms with Gasteiger partial charge in [0.25, 0.3) is 0 Å². The van der Waals surface area contributed by atoms with Gasteiger partial charge in [-0.2, -0.15) is 0 Å². The van der Waals surface area contributed by atoms with Gasteiger partial charge in [-0.25, -0.2) is 0 Å². The van der Waals surface area contributed by atoms with Crippen molar-refractivity contribution >= 4 is 5.91 Å². The molecule has 0 aromatic heterocycles. The predicted molar refractivity (Wildman–Crippen MR) is 81.5 cm³/mol. The Morgan fingerprint density at radius 1 is 1.52 bits per heavy atom. The Hall–Kier alpha value is -1.59. The smallest absolute Gasteiger partial charge is 0.225 e. The molecule has 1 fully saturated rings. The summed E-state index contributed by atoms with van der Waals surface area (Å²) in [5, 5.41) is 3.23. The number of amides is 1. The van der Waals surface area contributed by atoms with Crippen molar-refractivity contribution in [2.45, 2.75) is 19.4 Å². The van der Waals surface area contributed by atoms with Crippen molar-refractivity contribution < 1.29 is 14.3 Å². The van der Waals surface area contributed by atoms with E-state index in [1.54, 1.807) is 11.9 Å². The molecule has 0 saturated carbocycles. The number of nitrogens with zero attached hydrogens (tertiary/aromatic N) is 1. The van der Waals surface area contributed by atoms with Crippen LogP contribution in [0.15, 0.2) is 24.3 Å². The first-order valence-electron chi connectivity index (χ1n) is 7.41. The molecule has 0 bridgehead atoms. The minimum absolute atomic E-state index is 0.00797. The fourth-order valence-electron chi connectivity index (χ4n) is 2.23. The third-order valence-corrected chi connectivity index (χ3v) is 3.52. The Morgan fingerprint density at radius 2 is 2.38 bits per heavy atom. The maximum absolute atomic E-state index is 12.1. The van der Waals surface area contributed by atoms with Crippen LogP contribution in [0.4, 0.5) is 0 Å². The average Bonchev–Trinajstić information content (AvgIpc) is 2.48. The quantitative estimate of drug-likeness (QED) is 0.856. The van der Waals surface area contributed by atoms with Crippen LogP contribution in [0.1, 0.15) is 12.0 Å². The van der Waals surface area contributed by atoms with E-state index in [4.69, 9.17) is 9.47 Å². The van der Waals surface area contributed by atoms with Crippen LogP contribution in [-0.4, -0.2) is 56.8 Å². The second-order valence-corrected chi connectivity index (χ2v) is 5.38. The zero-order valence-electron chi connectivity index (χ0n) is 12.8. The van der Waals surface area contributed by atoms with Gasteiger partial charge >= 0.3 is 0 Å². The largest absolute Gasteiger partial charge is 0.492 e. The molecule has 1 aliphatic heterocycles. The third-order valence-electron chi connectivity index (χ3n) is 3.52. The highest BCUT2D eigenvalue weighted by Crippen LogP contribution is 2.12. The van der Waals surface area contributed by atoms with Crippen molar-refractivity contribution in [2.75, 3.05) is 39.9 Å². The number of rotatable bonds is 6. The molecule has 1 heterocycles. The van der Waals surface area contributed by atoms with Gasteiger partial charge in [0, 0.05) is 20.1 Å². The minimum Gasteiger partial charge on any atom is -0.492 e. The Labute approximate surface area is 126 Å². The van der Waals surface area contributed by atoms with Crippen LogP contribution in [-0.2, 0) is 9.53 Å². The van der Waals surface area contributed by atoms with Gasteiger partial charge in [0.15, 0.2) is 0 Å². The van der Waals surface area contributed by atoms with Gasteiger partial charge in [0.05, 0.1) is 25.7 Å². The third kappa shape index (κ3) is 5.36. The SMILES string of the molecule is Cc1cccc(OCCN(C)C(=O)CC2CNCCO2)c1. The van der Waals surface area contributed by atoms with Crippen molar-refractivity contribution in [1.82, 2.24) is 10.2 Å². The first-order chi connectivity index (χ1) is 10.1. The number of carbonyl (C=O) groups is 1. The molecule has 2 rings (SSSR count). The van der Waals surface area contributed by atoms with Crippen LogP contribution in [0.3, 0.4) is 0 Å². The van der Waals surface area contributed by atoms with Crippen molar-refractivity contribution in [3.05, 3.63) is 29.8 Å². The van der Waals surface area contributed by atoms with Gasteiger partial charge in [-0.1, -0.05) is 12.1 Å². The van der Waals surface area contributed by atoms with Crippen LogP contribution >= 0.6 is 0 Å². The van der Waals surface area contributed by atoms with Gasteiger partial charge in [-0.05, 0) is 24.6 Å². The van der Waals surface area contributed by atoms with Crippen LogP contribution < -0.4 is 10.1 Å². The molecule has 1 aliphatic rings. The van der Waals surface area contributed by atoms with Crippen molar-refractivity contribution in [3.8, 4) is 5.75 Å². The molecule has 1 atom stereocenters. The van der Waals surface area contributed by atoms with Crippen molar-refractivity contribution in [3.63, 3.8) is 0 Å². The Bertz CT molecular complexity index is 459. The fraction of sp³-hybridized carbons (Fsp3) is 0.562. The fourth-order valence-corrected chi connectivity index (χ4v) is 2.23. The minimum atomic E-state index is -0.00797. The molecule has 5 heteroatoms. The number of nitrogens with one attached hydrogen (secondary N) is 1. The normalized spacial score (nSPS) is 18.3. The van der Waals surface area contributed by atoms with Gasteiger partial charge in [-0.3, -0.25) is 4.79 Å². The second-order valence-electron chi connectivity index (χ2n) is 5.38. The standard InChI is InChI=1S/C16H24N2O3/c1-13-4-3-5-14(10-13)21-9-7-18(2)16(19)11-15-12-17-6-8-20-15/h3-5,10,15,17H,6-9,11-12H2,1-2H3. The van der Waals surface area contributed by atoms with Gasteiger partial charge in [0.1, 0.15) is 12.4 Å². The molecule has 0 radical (unpaired) electrons. The molecule has 1 N–H and O–H groups in total. The molecular formula is C16H24N2O3. The number of aryl methyl sites for hydroxylation is 1. The molecule has 1 unspecified atom stereocenters. The summed E-state index contributed by atoms with van der Waals surface area (Å²) < 4.78 is 11.2. The zero-order valence-corrected chi connectivity index (χ0v) is 12.8. The van der Waals surface area contributed by atoms with E-state index in [1.165, 1.54) is 5.56 Å². The highest BCUT2D eigenvalue weighted by molar-refractivity contribution is 5.76. The lowest BCUT2D eigenvalue weighted by molar-refractivity contribution is -0.133. The number of morpholine rings is 1. The topological polar surface area (TPSA) is 50.8 Å². The van der Waals surface area contributed by atoms with Crippen LogP contribution in [0.25, 0.3) is 0 Å². The predicted octanol–water partition coefficient (Wildman–Crippen LogP) is 1.21. The summed E-state index contributed by atoms with van der Waals surface area (Å²) in [6, 6.07) is 7.91. The summed E-state index contributed by atoms with van der Waals surface area (Å²) in [6.45, 7) is 5.39. The van der Waals surface area contributed by atoms with Gasteiger partial charge in [0.2, 0.25) is 5.91 Å². The Balaban J connectivity index is 1.68. The maximum Gasteiger partial charge on any atom is 0.225 e. The van der Waals surface area contributed by atoms with Crippen molar-refractivity contribution in [1.29, 1.82) is 0 Å². The summed E-state index contributed by atoms with van der Waals surface area (Å²) in [4.78, 5) is 13.8. The average molecular weight is 292 g/mol. The van der Waals surface area contributed by atoms with Crippen LogP contribution in [0, 0.1) is 6.92 Å². The van der Waals surface area contributed by atoms with Crippen molar-refractivity contribution in [2.24, 2.45) is 0 Å². The van der Waals surface area contributed by atoms with Crippen LogP contribution in [0.5, 0.6) is 5.75 Å². The Kier molecular flexibility index (Phi) is 6.02. The number of likely N-dealkylation sites (N-methyl/N-ethyl adjacent to an activating group) is 1. The number of carbonyl (C=O) groups excluding carboxylic acids is 1. The number of hydrogen-bond donors (Lipinski definition) is 1. The molecule has 1 aromatic rings. The first kappa shape index (κ1) is 15.8. The molecule has 0 spiro atoms. The maximum atomic E-state index is 12.1. The molecule has 0 aliphatic carbocycles. The lowest BCUT2D eigenvalue weighted by Crippen LogP contribution is -2.42. The van der Waals surface area contributed by atoms with E-state index in [2.05, 4.69) is 5.32 Å². The zero-order chi connectivity index (χ0) is 15.1. The molecular weight excluding hydrogens is 268 g/mol. The Morgan fingerprint density at radius 3 is 3.10 bits per heavy atom. The summed E-state index contributed by atoms with van der Waals surface area (Å²) in [7, 11) is 1.80. The van der Waals surface area contributed by atoms with E-state index >= 15 is 0 Å². The van der Waals surface area contributed by atoms with E-state index in [-0.39, 0.29) is 12.0 Å². The monoisotopic (exact) mass is 292 g/mol. The molecule has 1 saturated heterocycles. The van der Waals surface area contributed by atoms with E-state index in [0.29, 0.717) is 26.2 Å². The number of benzene rings is 1. The number of ether oxygens (including phenoxy) is 2.